The topological polar surface area (TPSA) is 77.5 Å². The molecule has 0 bridgehead atoms. The number of rotatable bonds is 3. The predicted molar refractivity (Wildman–Crippen MR) is 71.4 cm³/mol. The Balaban J connectivity index is 2.29. The van der Waals surface area contributed by atoms with Crippen LogP contribution in [0.1, 0.15) is 16.1 Å². The van der Waals surface area contributed by atoms with Crippen LogP contribution in [-0.4, -0.2) is 27.0 Å². The lowest BCUT2D eigenvalue weighted by molar-refractivity contribution is 0.0752. The average Bonchev–Trinajstić information content (AvgIpc) is 2.95. The Morgan fingerprint density at radius 3 is 2.65 bits per heavy atom. The maximum absolute atomic E-state index is 12.0. The third-order valence-electron chi connectivity index (χ3n) is 3.00. The van der Waals surface area contributed by atoms with Crippen LogP contribution in [0, 0.1) is 0 Å². The molecule has 20 heavy (non-hydrogen) atoms. The molecular formula is C13H15N3O4. The summed E-state index contributed by atoms with van der Waals surface area (Å²) in [5.74, 6) is -0.125. The highest BCUT2D eigenvalue weighted by molar-refractivity contribution is 5.91. The van der Waals surface area contributed by atoms with E-state index in [4.69, 9.17) is 4.42 Å². The first-order chi connectivity index (χ1) is 9.41. The van der Waals surface area contributed by atoms with E-state index in [1.165, 1.54) is 29.0 Å². The number of carbonyl (C=O) groups excluding carboxylic acids is 1. The highest BCUT2D eigenvalue weighted by Crippen LogP contribution is 2.06. The molecule has 0 fully saturated rings. The number of furan rings is 1. The van der Waals surface area contributed by atoms with E-state index in [1.807, 2.05) is 0 Å². The number of amides is 1. The third kappa shape index (κ3) is 2.42. The highest BCUT2D eigenvalue weighted by Gasteiger charge is 2.17. The van der Waals surface area contributed by atoms with Gasteiger partial charge >= 0.3 is 5.69 Å². The summed E-state index contributed by atoms with van der Waals surface area (Å²) in [5, 5.41) is 0. The summed E-state index contributed by atoms with van der Waals surface area (Å²) in [4.78, 5) is 36.9. The van der Waals surface area contributed by atoms with Crippen molar-refractivity contribution in [1.29, 1.82) is 0 Å². The number of aromatic nitrogens is 2. The minimum atomic E-state index is -0.410. The number of hydrogen-bond acceptors (Lipinski definition) is 4. The summed E-state index contributed by atoms with van der Waals surface area (Å²) in [5.41, 5.74) is -0.456. The van der Waals surface area contributed by atoms with Crippen molar-refractivity contribution >= 4 is 5.91 Å². The van der Waals surface area contributed by atoms with Gasteiger partial charge in [-0.05, 0) is 12.1 Å². The summed E-state index contributed by atoms with van der Waals surface area (Å²) >= 11 is 0. The van der Waals surface area contributed by atoms with Gasteiger partial charge in [0.25, 0.3) is 11.5 Å². The maximum Gasteiger partial charge on any atom is 0.330 e. The Morgan fingerprint density at radius 1 is 1.35 bits per heavy atom. The standard InChI is InChI=1S/C13H15N3O4/c1-14(12(18)10-5-4-6-20-10)7-9-8-15(2)13(19)16(3)11(9)17/h4-6,8H,7H2,1-3H3. The van der Waals surface area contributed by atoms with E-state index >= 15 is 0 Å². The molecule has 106 valence electrons. The number of carbonyl (C=O) groups is 1. The molecular weight excluding hydrogens is 262 g/mol. The zero-order valence-corrected chi connectivity index (χ0v) is 11.5. The van der Waals surface area contributed by atoms with Crippen molar-refractivity contribution < 1.29 is 9.21 Å². The van der Waals surface area contributed by atoms with E-state index in [9.17, 15) is 14.4 Å². The van der Waals surface area contributed by atoms with E-state index in [0.29, 0.717) is 5.56 Å². The van der Waals surface area contributed by atoms with Gasteiger partial charge in [0.15, 0.2) is 5.76 Å². The van der Waals surface area contributed by atoms with Gasteiger partial charge in [0.1, 0.15) is 0 Å². The minimum Gasteiger partial charge on any atom is -0.459 e. The zero-order chi connectivity index (χ0) is 14.9. The van der Waals surface area contributed by atoms with Gasteiger partial charge in [-0.3, -0.25) is 14.2 Å². The first-order valence-corrected chi connectivity index (χ1v) is 5.96. The third-order valence-corrected chi connectivity index (χ3v) is 3.00. The van der Waals surface area contributed by atoms with Crippen molar-refractivity contribution in [3.05, 3.63) is 56.8 Å². The predicted octanol–water partition coefficient (Wildman–Crippen LogP) is -0.0508. The van der Waals surface area contributed by atoms with Crippen LogP contribution < -0.4 is 11.2 Å². The van der Waals surface area contributed by atoms with Crippen LogP contribution in [-0.2, 0) is 20.6 Å². The zero-order valence-electron chi connectivity index (χ0n) is 11.5. The van der Waals surface area contributed by atoms with Crippen LogP contribution in [0.2, 0.25) is 0 Å². The number of hydrogen-bond donors (Lipinski definition) is 0. The largest absolute Gasteiger partial charge is 0.459 e. The summed E-state index contributed by atoms with van der Waals surface area (Å²) < 4.78 is 7.34. The molecule has 0 saturated heterocycles. The lowest BCUT2D eigenvalue weighted by Gasteiger charge is -2.16. The fourth-order valence-electron chi connectivity index (χ4n) is 1.91. The molecule has 7 nitrogen and oxygen atoms in total. The molecule has 0 radical (unpaired) electrons. The first-order valence-electron chi connectivity index (χ1n) is 5.96. The van der Waals surface area contributed by atoms with E-state index in [-0.39, 0.29) is 18.2 Å². The van der Waals surface area contributed by atoms with Crippen molar-refractivity contribution in [2.75, 3.05) is 7.05 Å². The molecule has 0 aromatic carbocycles. The molecule has 0 N–H and O–H groups in total. The van der Waals surface area contributed by atoms with E-state index < -0.39 is 11.2 Å². The molecule has 2 rings (SSSR count). The Kier molecular flexibility index (Phi) is 3.60. The van der Waals surface area contributed by atoms with Crippen LogP contribution in [0.15, 0.2) is 38.6 Å². The highest BCUT2D eigenvalue weighted by atomic mass is 16.3. The fraction of sp³-hybridized carbons (Fsp3) is 0.308. The second-order valence-electron chi connectivity index (χ2n) is 4.55. The Labute approximate surface area is 114 Å². The van der Waals surface area contributed by atoms with Crippen molar-refractivity contribution in [2.45, 2.75) is 6.54 Å². The lowest BCUT2D eigenvalue weighted by atomic mass is 10.3. The van der Waals surface area contributed by atoms with Crippen LogP contribution in [0.5, 0.6) is 0 Å². The van der Waals surface area contributed by atoms with Gasteiger partial charge in [-0.2, -0.15) is 0 Å². The molecule has 1 amide bonds. The number of aryl methyl sites for hydroxylation is 1. The monoisotopic (exact) mass is 277 g/mol. The second-order valence-corrected chi connectivity index (χ2v) is 4.55. The molecule has 0 unspecified atom stereocenters. The number of nitrogens with zero attached hydrogens (tertiary/aromatic N) is 3. The van der Waals surface area contributed by atoms with Gasteiger partial charge in [-0.1, -0.05) is 0 Å². The quantitative estimate of drug-likeness (QED) is 0.788. The molecule has 0 aliphatic carbocycles. The molecule has 2 aromatic rings. The van der Waals surface area contributed by atoms with E-state index in [0.717, 1.165) is 4.57 Å². The summed E-state index contributed by atoms with van der Waals surface area (Å²) in [6, 6.07) is 3.17. The fourth-order valence-corrected chi connectivity index (χ4v) is 1.91. The SMILES string of the molecule is CN(Cc1cn(C)c(=O)n(C)c1=O)C(=O)c1ccco1. The molecule has 2 heterocycles. The van der Waals surface area contributed by atoms with Crippen molar-refractivity contribution in [1.82, 2.24) is 14.0 Å². The van der Waals surface area contributed by atoms with Gasteiger partial charge in [-0.25, -0.2) is 4.79 Å². The minimum absolute atomic E-state index is 0.0975. The van der Waals surface area contributed by atoms with Gasteiger partial charge < -0.3 is 13.9 Å². The first kappa shape index (κ1) is 13.9. The molecule has 2 aromatic heterocycles. The normalized spacial score (nSPS) is 10.6. The van der Waals surface area contributed by atoms with Crippen LogP contribution >= 0.6 is 0 Å². The Bertz CT molecular complexity index is 740. The smallest absolute Gasteiger partial charge is 0.330 e. The molecule has 0 spiro atoms. The maximum atomic E-state index is 12.0. The molecule has 0 aliphatic heterocycles. The molecule has 0 saturated carbocycles. The van der Waals surface area contributed by atoms with E-state index in [2.05, 4.69) is 0 Å². The summed E-state index contributed by atoms with van der Waals surface area (Å²) in [7, 11) is 4.53. The summed E-state index contributed by atoms with van der Waals surface area (Å²) in [6.07, 6.45) is 2.85. The molecule has 0 atom stereocenters. The van der Waals surface area contributed by atoms with Gasteiger partial charge in [0, 0.05) is 27.3 Å². The lowest BCUT2D eigenvalue weighted by Crippen LogP contribution is -2.40. The van der Waals surface area contributed by atoms with Gasteiger partial charge in [0.2, 0.25) is 0 Å². The molecule has 7 heteroatoms. The average molecular weight is 277 g/mol. The van der Waals surface area contributed by atoms with Crippen LogP contribution in [0.25, 0.3) is 0 Å². The summed E-state index contributed by atoms with van der Waals surface area (Å²) in [6.45, 7) is 0.0975. The van der Waals surface area contributed by atoms with Crippen molar-refractivity contribution in [2.24, 2.45) is 14.1 Å². The van der Waals surface area contributed by atoms with Crippen molar-refractivity contribution in [3.8, 4) is 0 Å². The van der Waals surface area contributed by atoms with Gasteiger partial charge in [-0.15, -0.1) is 0 Å². The Morgan fingerprint density at radius 2 is 2.05 bits per heavy atom. The molecule has 0 aliphatic rings. The van der Waals surface area contributed by atoms with E-state index in [1.54, 1.807) is 26.2 Å². The van der Waals surface area contributed by atoms with Crippen molar-refractivity contribution in [3.63, 3.8) is 0 Å². The van der Waals surface area contributed by atoms with Gasteiger partial charge in [0.05, 0.1) is 18.4 Å². The van der Waals surface area contributed by atoms with Crippen LogP contribution in [0.4, 0.5) is 0 Å². The second kappa shape index (κ2) is 5.20. The Hall–Kier alpha value is -2.57. The van der Waals surface area contributed by atoms with Crippen LogP contribution in [0.3, 0.4) is 0 Å².